The molecule has 0 bridgehead atoms. The summed E-state index contributed by atoms with van der Waals surface area (Å²) in [4.78, 5) is 48.0. The van der Waals surface area contributed by atoms with E-state index >= 15 is 0 Å². The molecule has 0 aliphatic carbocycles. The van der Waals surface area contributed by atoms with Gasteiger partial charge in [-0.05, 0) is 54.5 Å². The van der Waals surface area contributed by atoms with Crippen molar-refractivity contribution >= 4 is 44.9 Å². The van der Waals surface area contributed by atoms with Crippen molar-refractivity contribution in [1.29, 1.82) is 0 Å². The van der Waals surface area contributed by atoms with Crippen LogP contribution in [0.2, 0.25) is 0 Å². The number of carbonyl (C=O) groups is 3. The quantitative estimate of drug-likeness (QED) is 0.188. The van der Waals surface area contributed by atoms with Crippen LogP contribution < -0.4 is 11.1 Å². The van der Waals surface area contributed by atoms with Crippen LogP contribution in [-0.2, 0) is 39.0 Å². The number of aromatic nitrogens is 1. The Morgan fingerprint density at radius 3 is 2.33 bits per heavy atom. The largest absolute Gasteiger partial charge is 0.399 e. The summed E-state index contributed by atoms with van der Waals surface area (Å²) in [6.45, 7) is 9.32. The Morgan fingerprint density at radius 1 is 1.06 bits per heavy atom. The Hall–Kier alpha value is -3.85. The number of nitrogens with zero attached hydrogens (tertiary/aromatic N) is 4. The number of benzene rings is 2. The van der Waals surface area contributed by atoms with Crippen molar-refractivity contribution in [3.63, 3.8) is 0 Å². The molecule has 1 saturated heterocycles. The van der Waals surface area contributed by atoms with E-state index in [1.165, 1.54) is 44.8 Å². The molecule has 2 aromatic carbocycles. The molecular formula is C35H48N6O6S2. The monoisotopic (exact) mass is 712 g/mol. The molecule has 0 spiro atoms. The van der Waals surface area contributed by atoms with Gasteiger partial charge in [-0.25, -0.2) is 18.2 Å². The Bertz CT molecular complexity index is 1680. The molecule has 4 amide bonds. The van der Waals surface area contributed by atoms with Gasteiger partial charge in [-0.2, -0.15) is 4.31 Å². The van der Waals surface area contributed by atoms with Crippen LogP contribution in [0.4, 0.5) is 10.5 Å². The van der Waals surface area contributed by atoms with Crippen molar-refractivity contribution in [2.24, 2.45) is 11.8 Å². The Balaban J connectivity index is 1.60. The summed E-state index contributed by atoms with van der Waals surface area (Å²) in [5.74, 6) is -1.24. The average Bonchev–Trinajstić information content (AvgIpc) is 3.51. The van der Waals surface area contributed by atoms with Crippen molar-refractivity contribution in [3.05, 3.63) is 76.2 Å². The molecule has 1 aromatic heterocycles. The molecule has 2 heterocycles. The number of aliphatic hydroxyl groups is 1. The second kappa shape index (κ2) is 16.7. The van der Waals surface area contributed by atoms with Gasteiger partial charge in [-0.1, -0.05) is 65.0 Å². The standard InChI is InChI=1S/C35H48N6O6S2/c1-6-31-37-27(22-48-31)20-41-32(43)16-17-40(35(41)45)33(24(4)5)34(44)38-29(18-25-10-8-7-9-11-25)30(42)21-39(19-23(2)3)49(46,47)28-14-12-26(36)13-15-28/h7-15,22-24,29-30,33,42H,6,16-21,36H2,1-5H3,(H,38,44)/t29-,30+,33-/m0/s1. The first-order valence-corrected chi connectivity index (χ1v) is 19.0. The average molecular weight is 713 g/mol. The molecule has 266 valence electrons. The van der Waals surface area contributed by atoms with Gasteiger partial charge in [0.1, 0.15) is 6.04 Å². The van der Waals surface area contributed by atoms with Gasteiger partial charge in [-0.15, -0.1) is 11.3 Å². The number of aliphatic hydroxyl groups excluding tert-OH is 1. The smallest absolute Gasteiger partial charge is 0.327 e. The summed E-state index contributed by atoms with van der Waals surface area (Å²) in [6, 6.07) is 12.7. The van der Waals surface area contributed by atoms with Gasteiger partial charge < -0.3 is 21.1 Å². The van der Waals surface area contributed by atoms with Crippen molar-refractivity contribution in [2.45, 2.75) is 83.5 Å². The van der Waals surface area contributed by atoms with Gasteiger partial charge >= 0.3 is 6.03 Å². The van der Waals surface area contributed by atoms with E-state index in [1.807, 2.05) is 70.3 Å². The third-order valence-electron chi connectivity index (χ3n) is 8.37. The van der Waals surface area contributed by atoms with Crippen LogP contribution in [0, 0.1) is 11.8 Å². The van der Waals surface area contributed by atoms with E-state index in [9.17, 15) is 27.9 Å². The molecule has 1 aliphatic heterocycles. The van der Waals surface area contributed by atoms with Crippen LogP contribution in [-0.4, -0.2) is 88.3 Å². The highest BCUT2D eigenvalue weighted by atomic mass is 32.2. The van der Waals surface area contributed by atoms with E-state index in [0.717, 1.165) is 21.9 Å². The molecule has 3 atom stereocenters. The number of carbonyl (C=O) groups excluding carboxylic acids is 3. The number of anilines is 1. The third kappa shape index (κ3) is 9.65. The minimum atomic E-state index is -4.02. The number of urea groups is 1. The van der Waals surface area contributed by atoms with E-state index in [1.54, 1.807) is 0 Å². The zero-order valence-corrected chi connectivity index (χ0v) is 30.4. The number of hydrogen-bond donors (Lipinski definition) is 3. The zero-order chi connectivity index (χ0) is 35.9. The predicted molar refractivity (Wildman–Crippen MR) is 190 cm³/mol. The van der Waals surface area contributed by atoms with Crippen molar-refractivity contribution in [1.82, 2.24) is 24.4 Å². The number of nitrogens with one attached hydrogen (secondary N) is 1. The number of sulfonamides is 1. The lowest BCUT2D eigenvalue weighted by Gasteiger charge is -2.40. The topological polar surface area (TPSA) is 166 Å². The number of nitrogens with two attached hydrogens (primary N) is 1. The van der Waals surface area contributed by atoms with Gasteiger partial charge in [0.2, 0.25) is 21.8 Å². The van der Waals surface area contributed by atoms with Gasteiger partial charge in [0.05, 0.1) is 34.3 Å². The van der Waals surface area contributed by atoms with E-state index < -0.39 is 40.1 Å². The number of amides is 4. The first-order valence-electron chi connectivity index (χ1n) is 16.6. The van der Waals surface area contributed by atoms with Gasteiger partial charge in [0.15, 0.2) is 0 Å². The van der Waals surface area contributed by atoms with Gasteiger partial charge in [-0.3, -0.25) is 14.5 Å². The molecule has 12 nitrogen and oxygen atoms in total. The molecule has 1 fully saturated rings. The minimum Gasteiger partial charge on any atom is -0.399 e. The number of aryl methyl sites for hydroxylation is 1. The van der Waals surface area contributed by atoms with E-state index in [2.05, 4.69) is 10.3 Å². The molecule has 0 unspecified atom stereocenters. The molecule has 0 radical (unpaired) electrons. The summed E-state index contributed by atoms with van der Waals surface area (Å²) in [5, 5.41) is 17.4. The summed E-state index contributed by atoms with van der Waals surface area (Å²) in [6.07, 6.45) is -0.312. The summed E-state index contributed by atoms with van der Waals surface area (Å²) in [7, 11) is -4.02. The number of thiazole rings is 1. The maximum atomic E-state index is 14.2. The highest BCUT2D eigenvalue weighted by molar-refractivity contribution is 7.89. The molecule has 0 saturated carbocycles. The van der Waals surface area contributed by atoms with Gasteiger partial charge in [0.25, 0.3) is 0 Å². The first kappa shape index (κ1) is 38.0. The summed E-state index contributed by atoms with van der Waals surface area (Å²) in [5.41, 5.74) is 7.66. The van der Waals surface area contributed by atoms with Crippen molar-refractivity contribution in [3.8, 4) is 0 Å². The van der Waals surface area contributed by atoms with Crippen LogP contribution in [0.1, 0.15) is 57.3 Å². The minimum absolute atomic E-state index is 0.0145. The van der Waals surface area contributed by atoms with Crippen LogP contribution in [0.25, 0.3) is 0 Å². The molecule has 14 heteroatoms. The molecule has 1 aliphatic rings. The zero-order valence-electron chi connectivity index (χ0n) is 28.8. The fraction of sp³-hybridized carbons (Fsp3) is 0.486. The second-order valence-electron chi connectivity index (χ2n) is 13.1. The molecule has 4 N–H and O–H groups in total. The van der Waals surface area contributed by atoms with E-state index in [-0.39, 0.29) is 61.7 Å². The molecule has 4 rings (SSSR count). The summed E-state index contributed by atoms with van der Waals surface area (Å²) < 4.78 is 28.8. The number of hydrogen-bond acceptors (Lipinski definition) is 9. The Morgan fingerprint density at radius 2 is 1.73 bits per heavy atom. The number of rotatable bonds is 16. The van der Waals surface area contributed by atoms with Crippen LogP contribution in [0.3, 0.4) is 0 Å². The Labute approximate surface area is 293 Å². The van der Waals surface area contributed by atoms with Gasteiger partial charge in [0, 0.05) is 37.1 Å². The SMILES string of the molecule is CCc1nc(CN2C(=O)CCN([C@H](C(=O)N[C@@H](Cc3ccccc3)[C@H](O)CN(CC(C)C)S(=O)(=O)c3ccc(N)cc3)C(C)C)C2=O)cs1. The van der Waals surface area contributed by atoms with E-state index in [4.69, 9.17) is 5.73 Å². The molecule has 3 aromatic rings. The lowest BCUT2D eigenvalue weighted by molar-refractivity contribution is -0.136. The highest BCUT2D eigenvalue weighted by Gasteiger charge is 2.41. The van der Waals surface area contributed by atoms with Crippen LogP contribution >= 0.6 is 11.3 Å². The Kier molecular flexibility index (Phi) is 12.9. The first-order chi connectivity index (χ1) is 23.2. The van der Waals surface area contributed by atoms with Crippen LogP contribution in [0.15, 0.2) is 64.9 Å². The number of nitrogen functional groups attached to an aromatic ring is 1. The third-order valence-corrected chi connectivity index (χ3v) is 11.3. The highest BCUT2D eigenvalue weighted by Crippen LogP contribution is 2.24. The fourth-order valence-electron chi connectivity index (χ4n) is 5.89. The lowest BCUT2D eigenvalue weighted by Crippen LogP contribution is -2.62. The lowest BCUT2D eigenvalue weighted by atomic mass is 9.97. The fourth-order valence-corrected chi connectivity index (χ4v) is 8.25. The van der Waals surface area contributed by atoms with Crippen molar-refractivity contribution < 1.29 is 27.9 Å². The normalized spacial score (nSPS) is 16.0. The molecular weight excluding hydrogens is 665 g/mol. The van der Waals surface area contributed by atoms with Crippen LogP contribution in [0.5, 0.6) is 0 Å². The predicted octanol–water partition coefficient (Wildman–Crippen LogP) is 3.90. The van der Waals surface area contributed by atoms with Crippen molar-refractivity contribution in [2.75, 3.05) is 25.4 Å². The maximum absolute atomic E-state index is 14.2. The molecule has 49 heavy (non-hydrogen) atoms. The second-order valence-corrected chi connectivity index (χ2v) is 16.0. The maximum Gasteiger partial charge on any atom is 0.327 e. The summed E-state index contributed by atoms with van der Waals surface area (Å²) >= 11 is 1.47. The number of imide groups is 1. The van der Waals surface area contributed by atoms with E-state index in [0.29, 0.717) is 11.4 Å².